The van der Waals surface area contributed by atoms with Crippen molar-refractivity contribution in [3.8, 4) is 23.2 Å². The van der Waals surface area contributed by atoms with E-state index in [1.54, 1.807) is 0 Å². The topological polar surface area (TPSA) is 87.9 Å². The highest BCUT2D eigenvalue weighted by Crippen LogP contribution is 2.40. The SMILES string of the molecule is CCC(C)NC(=O)Oc1nsnc1-c1c(Cl)ccc(C#N)c1Cl. The van der Waals surface area contributed by atoms with E-state index in [1.807, 2.05) is 19.9 Å². The molecule has 23 heavy (non-hydrogen) atoms. The molecule has 1 heterocycles. The Kier molecular flexibility index (Phi) is 5.77. The third-order valence-corrected chi connectivity index (χ3v) is 4.29. The number of ether oxygens (including phenoxy) is 1. The summed E-state index contributed by atoms with van der Waals surface area (Å²) in [6, 6.07) is 4.96. The standard InChI is InChI=1S/C14H12Cl2N4O2S/c1-3-7(2)18-14(21)22-13-12(19-23-20-13)10-9(15)5-4-8(6-17)11(10)16/h4-5,7H,3H2,1-2H3,(H,18,21). The smallest absolute Gasteiger partial charge is 0.388 e. The van der Waals surface area contributed by atoms with Crippen LogP contribution in [0.5, 0.6) is 5.88 Å². The zero-order chi connectivity index (χ0) is 17.0. The van der Waals surface area contributed by atoms with Crippen molar-refractivity contribution in [3.63, 3.8) is 0 Å². The fraction of sp³-hybridized carbons (Fsp3) is 0.286. The number of nitriles is 1. The Morgan fingerprint density at radius 2 is 2.22 bits per heavy atom. The molecule has 1 atom stereocenters. The van der Waals surface area contributed by atoms with Crippen molar-refractivity contribution in [1.29, 1.82) is 5.26 Å². The molecule has 0 aliphatic heterocycles. The lowest BCUT2D eigenvalue weighted by Gasteiger charge is -2.11. The van der Waals surface area contributed by atoms with Gasteiger partial charge in [-0.05, 0) is 25.5 Å². The Bertz CT molecular complexity index is 773. The zero-order valence-electron chi connectivity index (χ0n) is 12.3. The van der Waals surface area contributed by atoms with Crippen LogP contribution >= 0.6 is 34.9 Å². The first-order valence-electron chi connectivity index (χ1n) is 6.67. The first-order valence-corrected chi connectivity index (χ1v) is 8.15. The molecule has 0 bridgehead atoms. The second-order valence-corrected chi connectivity index (χ2v) is 5.97. The van der Waals surface area contributed by atoms with E-state index in [-0.39, 0.29) is 33.2 Å². The van der Waals surface area contributed by atoms with Crippen LogP contribution in [0, 0.1) is 11.3 Å². The number of aromatic nitrogens is 2. The lowest BCUT2D eigenvalue weighted by Crippen LogP contribution is -2.34. The summed E-state index contributed by atoms with van der Waals surface area (Å²) in [5, 5.41) is 12.1. The van der Waals surface area contributed by atoms with E-state index in [2.05, 4.69) is 14.1 Å². The lowest BCUT2D eigenvalue weighted by molar-refractivity contribution is 0.195. The Hall–Kier alpha value is -1.88. The molecule has 1 unspecified atom stereocenters. The molecule has 6 nitrogen and oxygen atoms in total. The van der Waals surface area contributed by atoms with Crippen molar-refractivity contribution in [2.24, 2.45) is 0 Å². The summed E-state index contributed by atoms with van der Waals surface area (Å²) in [5.74, 6) is -0.00491. The summed E-state index contributed by atoms with van der Waals surface area (Å²) in [4.78, 5) is 11.8. The molecule has 1 aromatic heterocycles. The summed E-state index contributed by atoms with van der Waals surface area (Å²) in [5.41, 5.74) is 0.781. The van der Waals surface area contributed by atoms with Crippen molar-refractivity contribution >= 4 is 41.0 Å². The quantitative estimate of drug-likeness (QED) is 0.867. The third kappa shape index (κ3) is 3.91. The molecule has 1 amide bonds. The van der Waals surface area contributed by atoms with Gasteiger partial charge in [-0.15, -0.1) is 4.37 Å². The van der Waals surface area contributed by atoms with E-state index >= 15 is 0 Å². The molecule has 120 valence electrons. The van der Waals surface area contributed by atoms with E-state index in [4.69, 9.17) is 33.2 Å². The van der Waals surface area contributed by atoms with Crippen molar-refractivity contribution in [2.75, 3.05) is 0 Å². The number of nitrogens with one attached hydrogen (secondary N) is 1. The monoisotopic (exact) mass is 370 g/mol. The average molecular weight is 371 g/mol. The number of hydrogen-bond donors (Lipinski definition) is 1. The Morgan fingerprint density at radius 1 is 1.48 bits per heavy atom. The Balaban J connectivity index is 2.36. The minimum atomic E-state index is -0.642. The van der Waals surface area contributed by atoms with E-state index in [0.29, 0.717) is 5.56 Å². The van der Waals surface area contributed by atoms with Gasteiger partial charge in [0.25, 0.3) is 5.88 Å². The van der Waals surface area contributed by atoms with Gasteiger partial charge in [-0.3, -0.25) is 0 Å². The maximum Gasteiger partial charge on any atom is 0.414 e. The van der Waals surface area contributed by atoms with Crippen LogP contribution in [-0.2, 0) is 0 Å². The van der Waals surface area contributed by atoms with Gasteiger partial charge < -0.3 is 10.1 Å². The van der Waals surface area contributed by atoms with Gasteiger partial charge in [0.15, 0.2) is 5.69 Å². The van der Waals surface area contributed by atoms with Crippen molar-refractivity contribution < 1.29 is 9.53 Å². The molecule has 2 aromatic rings. The third-order valence-electron chi connectivity index (χ3n) is 3.07. The maximum atomic E-state index is 11.8. The summed E-state index contributed by atoms with van der Waals surface area (Å²) in [7, 11) is 0. The molecular formula is C14H12Cl2N4O2S. The summed E-state index contributed by atoms with van der Waals surface area (Å²) in [6.07, 6.45) is 0.121. The molecule has 0 aliphatic rings. The lowest BCUT2D eigenvalue weighted by atomic mass is 10.1. The first kappa shape index (κ1) is 17.5. The van der Waals surface area contributed by atoms with Crippen LogP contribution in [0.4, 0.5) is 4.79 Å². The molecular weight excluding hydrogens is 359 g/mol. The van der Waals surface area contributed by atoms with Crippen molar-refractivity contribution in [1.82, 2.24) is 14.1 Å². The van der Waals surface area contributed by atoms with Gasteiger partial charge in [-0.2, -0.15) is 9.64 Å². The second-order valence-electron chi connectivity index (χ2n) is 4.66. The number of carbonyl (C=O) groups is 1. The van der Waals surface area contributed by atoms with Crippen molar-refractivity contribution in [2.45, 2.75) is 26.3 Å². The number of nitrogens with zero attached hydrogens (tertiary/aromatic N) is 3. The molecule has 0 fully saturated rings. The molecule has 9 heteroatoms. The normalized spacial score (nSPS) is 11.6. The van der Waals surface area contributed by atoms with Gasteiger partial charge >= 0.3 is 6.09 Å². The second kappa shape index (κ2) is 7.59. The maximum absolute atomic E-state index is 11.8. The predicted octanol–water partition coefficient (Wildman–Crippen LogP) is 4.27. The molecule has 0 radical (unpaired) electrons. The molecule has 2 rings (SSSR count). The number of benzene rings is 1. The van der Waals surface area contributed by atoms with Crippen molar-refractivity contribution in [3.05, 3.63) is 27.7 Å². The number of hydrogen-bond acceptors (Lipinski definition) is 6. The van der Waals surface area contributed by atoms with Crippen LogP contribution in [0.2, 0.25) is 10.0 Å². The largest absolute Gasteiger partial charge is 0.414 e. The Labute approximate surface area is 147 Å². The first-order chi connectivity index (χ1) is 11.0. The summed E-state index contributed by atoms with van der Waals surface area (Å²) >= 11 is 13.2. The van der Waals surface area contributed by atoms with Crippen LogP contribution in [0.1, 0.15) is 25.8 Å². The van der Waals surface area contributed by atoms with Gasteiger partial charge in [-0.25, -0.2) is 4.79 Å². The highest BCUT2D eigenvalue weighted by molar-refractivity contribution is 6.99. The molecule has 0 saturated carbocycles. The fourth-order valence-electron chi connectivity index (χ4n) is 1.68. The van der Waals surface area contributed by atoms with E-state index in [0.717, 1.165) is 18.1 Å². The van der Waals surface area contributed by atoms with Crippen LogP contribution in [0.3, 0.4) is 0 Å². The average Bonchev–Trinajstić information content (AvgIpc) is 2.95. The Morgan fingerprint density at radius 3 is 2.87 bits per heavy atom. The van der Waals surface area contributed by atoms with Crippen LogP contribution in [0.25, 0.3) is 11.3 Å². The van der Waals surface area contributed by atoms with Gasteiger partial charge in [0.2, 0.25) is 0 Å². The van der Waals surface area contributed by atoms with E-state index in [9.17, 15) is 4.79 Å². The van der Waals surface area contributed by atoms with E-state index < -0.39 is 6.09 Å². The molecule has 1 N–H and O–H groups in total. The fourth-order valence-corrected chi connectivity index (χ4v) is 2.76. The highest BCUT2D eigenvalue weighted by atomic mass is 35.5. The summed E-state index contributed by atoms with van der Waals surface area (Å²) < 4.78 is 13.2. The zero-order valence-corrected chi connectivity index (χ0v) is 14.6. The van der Waals surface area contributed by atoms with Crippen LogP contribution < -0.4 is 10.1 Å². The molecule has 1 aromatic carbocycles. The minimum Gasteiger partial charge on any atom is -0.388 e. The summed E-state index contributed by atoms with van der Waals surface area (Å²) in [6.45, 7) is 3.79. The predicted molar refractivity (Wildman–Crippen MR) is 89.0 cm³/mol. The van der Waals surface area contributed by atoms with Gasteiger partial charge in [0, 0.05) is 11.6 Å². The number of rotatable bonds is 4. The van der Waals surface area contributed by atoms with Gasteiger partial charge in [-0.1, -0.05) is 30.1 Å². The minimum absolute atomic E-state index is 0.00491. The molecule has 0 aliphatic carbocycles. The number of halogens is 2. The van der Waals surface area contributed by atoms with Crippen LogP contribution in [-0.4, -0.2) is 20.9 Å². The van der Waals surface area contributed by atoms with E-state index in [1.165, 1.54) is 12.1 Å². The number of amides is 1. The van der Waals surface area contributed by atoms with Crippen LogP contribution in [0.15, 0.2) is 12.1 Å². The highest BCUT2D eigenvalue weighted by Gasteiger charge is 2.22. The van der Waals surface area contributed by atoms with Gasteiger partial charge in [0.1, 0.15) is 6.07 Å². The molecule has 0 spiro atoms. The van der Waals surface area contributed by atoms with Gasteiger partial charge in [0.05, 0.1) is 27.3 Å². The molecule has 0 saturated heterocycles. The number of carbonyl (C=O) groups excluding carboxylic acids is 1.